The third-order valence-electron chi connectivity index (χ3n) is 3.45. The normalized spacial score (nSPS) is 21.5. The zero-order valence-electron chi connectivity index (χ0n) is 11.2. The van der Waals surface area contributed by atoms with Gasteiger partial charge in [-0.3, -0.25) is 14.7 Å². The number of nitrogens with zero attached hydrogens (tertiary/aromatic N) is 3. The van der Waals surface area contributed by atoms with Gasteiger partial charge in [-0.1, -0.05) is 0 Å². The van der Waals surface area contributed by atoms with E-state index in [2.05, 4.69) is 52.6 Å². The molecule has 18 heavy (non-hydrogen) atoms. The van der Waals surface area contributed by atoms with E-state index in [-0.39, 0.29) is 0 Å². The molecular weight excluding hydrogens is 282 g/mol. The molecule has 0 radical (unpaired) electrons. The maximum absolute atomic E-state index is 4.35. The Bertz CT molecular complexity index is 162. The van der Waals surface area contributed by atoms with E-state index in [1.165, 1.54) is 0 Å². The van der Waals surface area contributed by atoms with Crippen molar-refractivity contribution in [1.82, 2.24) is 14.7 Å². The summed E-state index contributed by atoms with van der Waals surface area (Å²) in [5, 5.41) is 0. The number of rotatable bonds is 6. The van der Waals surface area contributed by atoms with Crippen LogP contribution in [0.25, 0.3) is 0 Å². The van der Waals surface area contributed by atoms with Crippen molar-refractivity contribution in [2.45, 2.75) is 0 Å². The lowest BCUT2D eigenvalue weighted by molar-refractivity contribution is 0.235. The lowest BCUT2D eigenvalue weighted by Crippen LogP contribution is -2.37. The zero-order valence-corrected chi connectivity index (χ0v) is 13.9. The number of thiol groups is 3. The van der Waals surface area contributed by atoms with Crippen LogP contribution in [0.15, 0.2) is 0 Å². The summed E-state index contributed by atoms with van der Waals surface area (Å²) in [6, 6.07) is 0. The quantitative estimate of drug-likeness (QED) is 0.624. The maximum Gasteiger partial charge on any atom is 0.0110 e. The highest BCUT2D eigenvalue weighted by atomic mass is 32.1. The standard InChI is InChI=1S/C12H27N3S3/c16-10-7-13-1-2-14(8-11-17)5-6-15(4-3-13)9-12-18/h16-18H,1-12H2. The van der Waals surface area contributed by atoms with Gasteiger partial charge in [-0.05, 0) is 0 Å². The molecule has 0 atom stereocenters. The van der Waals surface area contributed by atoms with Crippen LogP contribution < -0.4 is 0 Å². The highest BCUT2D eigenvalue weighted by Gasteiger charge is 2.14. The lowest BCUT2D eigenvalue weighted by atomic mass is 10.4. The third-order valence-corrected chi connectivity index (χ3v) is 4.05. The van der Waals surface area contributed by atoms with Crippen LogP contribution in [-0.4, -0.2) is 90.9 Å². The molecule has 0 unspecified atom stereocenters. The zero-order chi connectivity index (χ0) is 13.2. The van der Waals surface area contributed by atoms with Gasteiger partial charge in [0.15, 0.2) is 0 Å². The van der Waals surface area contributed by atoms with Crippen molar-refractivity contribution in [2.24, 2.45) is 0 Å². The molecule has 1 rings (SSSR count). The van der Waals surface area contributed by atoms with Gasteiger partial charge in [0.25, 0.3) is 0 Å². The van der Waals surface area contributed by atoms with Crippen LogP contribution >= 0.6 is 37.9 Å². The molecular formula is C12H27N3S3. The fraction of sp³-hybridized carbons (Fsp3) is 1.00. The molecule has 0 aromatic heterocycles. The SMILES string of the molecule is SCCN1CCN(CCS)CCN(CCS)CC1. The van der Waals surface area contributed by atoms with Crippen LogP contribution in [-0.2, 0) is 0 Å². The van der Waals surface area contributed by atoms with Gasteiger partial charge in [-0.15, -0.1) is 0 Å². The molecule has 108 valence electrons. The van der Waals surface area contributed by atoms with Crippen molar-refractivity contribution in [1.29, 1.82) is 0 Å². The second-order valence-corrected chi connectivity index (χ2v) is 6.04. The van der Waals surface area contributed by atoms with Gasteiger partial charge < -0.3 is 0 Å². The first-order valence-electron chi connectivity index (χ1n) is 6.79. The average molecular weight is 310 g/mol. The minimum atomic E-state index is 0.944. The molecule has 1 aliphatic heterocycles. The van der Waals surface area contributed by atoms with E-state index in [0.717, 1.165) is 76.2 Å². The summed E-state index contributed by atoms with van der Waals surface area (Å²) in [5.74, 6) is 2.83. The molecule has 0 saturated carbocycles. The van der Waals surface area contributed by atoms with Crippen molar-refractivity contribution in [3.8, 4) is 0 Å². The maximum atomic E-state index is 4.35. The largest absolute Gasteiger partial charge is 0.300 e. The molecule has 6 heteroatoms. The molecule has 0 aromatic carbocycles. The van der Waals surface area contributed by atoms with Gasteiger partial charge in [0.1, 0.15) is 0 Å². The molecule has 0 N–H and O–H groups in total. The van der Waals surface area contributed by atoms with Crippen LogP contribution in [0.5, 0.6) is 0 Å². The van der Waals surface area contributed by atoms with Gasteiger partial charge in [0.05, 0.1) is 0 Å². The number of hydrogen-bond donors (Lipinski definition) is 3. The van der Waals surface area contributed by atoms with E-state index in [4.69, 9.17) is 0 Å². The summed E-state index contributed by atoms with van der Waals surface area (Å²) >= 11 is 13.1. The Labute approximate surface area is 128 Å². The topological polar surface area (TPSA) is 9.72 Å². The second kappa shape index (κ2) is 10.7. The molecule has 0 aliphatic carbocycles. The fourth-order valence-electron chi connectivity index (χ4n) is 2.28. The molecule has 1 saturated heterocycles. The summed E-state index contributed by atoms with van der Waals surface area (Å²) in [4.78, 5) is 7.57. The molecule has 0 spiro atoms. The van der Waals surface area contributed by atoms with Gasteiger partial charge in [-0.2, -0.15) is 37.9 Å². The third kappa shape index (κ3) is 6.91. The van der Waals surface area contributed by atoms with E-state index in [1.54, 1.807) is 0 Å². The van der Waals surface area contributed by atoms with Gasteiger partial charge in [0, 0.05) is 76.2 Å². The van der Waals surface area contributed by atoms with Crippen molar-refractivity contribution in [3.05, 3.63) is 0 Å². The second-order valence-electron chi connectivity index (χ2n) is 4.70. The van der Waals surface area contributed by atoms with E-state index in [1.807, 2.05) is 0 Å². The highest BCUT2D eigenvalue weighted by Crippen LogP contribution is 2.01. The molecule has 0 amide bonds. The van der Waals surface area contributed by atoms with Crippen LogP contribution in [0.2, 0.25) is 0 Å². The fourth-order valence-corrected chi connectivity index (χ4v) is 3.13. The molecule has 1 heterocycles. The monoisotopic (exact) mass is 309 g/mol. The van der Waals surface area contributed by atoms with Crippen molar-refractivity contribution >= 4 is 37.9 Å². The van der Waals surface area contributed by atoms with Gasteiger partial charge >= 0.3 is 0 Å². The molecule has 0 aromatic rings. The Hall–Kier alpha value is 0.930. The average Bonchev–Trinajstić information content (AvgIpc) is 2.45. The van der Waals surface area contributed by atoms with E-state index >= 15 is 0 Å². The van der Waals surface area contributed by atoms with E-state index < -0.39 is 0 Å². The summed E-state index contributed by atoms with van der Waals surface area (Å²) in [7, 11) is 0. The molecule has 0 bridgehead atoms. The Balaban J connectivity index is 2.50. The first-order valence-corrected chi connectivity index (χ1v) is 8.69. The van der Waals surface area contributed by atoms with Crippen LogP contribution in [0.1, 0.15) is 0 Å². The predicted octanol–water partition coefficient (Wildman–Crippen LogP) is 0.695. The van der Waals surface area contributed by atoms with Crippen LogP contribution in [0, 0.1) is 0 Å². The smallest absolute Gasteiger partial charge is 0.0110 e. The van der Waals surface area contributed by atoms with Crippen LogP contribution in [0.3, 0.4) is 0 Å². The Morgan fingerprint density at radius 1 is 0.500 bits per heavy atom. The molecule has 1 aliphatic rings. The predicted molar refractivity (Wildman–Crippen MR) is 90.9 cm³/mol. The Kier molecular flexibility index (Phi) is 10.1. The minimum absolute atomic E-state index is 0.944. The first kappa shape index (κ1) is 17.0. The minimum Gasteiger partial charge on any atom is -0.300 e. The van der Waals surface area contributed by atoms with Gasteiger partial charge in [0.2, 0.25) is 0 Å². The molecule has 1 fully saturated rings. The summed E-state index contributed by atoms with van der Waals surface area (Å²) in [5.41, 5.74) is 0. The summed E-state index contributed by atoms with van der Waals surface area (Å²) in [6.45, 7) is 10.2. The lowest BCUT2D eigenvalue weighted by Gasteiger charge is -2.24. The van der Waals surface area contributed by atoms with Gasteiger partial charge in [-0.25, -0.2) is 0 Å². The Morgan fingerprint density at radius 2 is 0.722 bits per heavy atom. The summed E-state index contributed by atoms with van der Waals surface area (Å²) in [6.07, 6.45) is 0. The highest BCUT2D eigenvalue weighted by molar-refractivity contribution is 7.80. The van der Waals surface area contributed by atoms with Crippen LogP contribution in [0.4, 0.5) is 0 Å². The van der Waals surface area contributed by atoms with Crippen molar-refractivity contribution in [3.63, 3.8) is 0 Å². The van der Waals surface area contributed by atoms with Crippen molar-refractivity contribution < 1.29 is 0 Å². The first-order chi connectivity index (χ1) is 8.80. The Morgan fingerprint density at radius 3 is 0.889 bits per heavy atom. The summed E-state index contributed by atoms with van der Waals surface area (Å²) < 4.78 is 0. The van der Waals surface area contributed by atoms with Crippen molar-refractivity contribution in [2.75, 3.05) is 76.2 Å². The van der Waals surface area contributed by atoms with E-state index in [9.17, 15) is 0 Å². The number of hydrogen-bond acceptors (Lipinski definition) is 6. The molecule has 3 nitrogen and oxygen atoms in total. The van der Waals surface area contributed by atoms with E-state index in [0.29, 0.717) is 0 Å².